The number of carboxylic acids is 1. The normalized spacial score (nSPS) is 34.1. The number of nitrogens with two attached hydrogens (primary N) is 1. The zero-order valence-corrected chi connectivity index (χ0v) is 35.6. The molecule has 10 N–H and O–H groups in total. The van der Waals surface area contributed by atoms with Gasteiger partial charge in [0.2, 0.25) is 12.1 Å². The van der Waals surface area contributed by atoms with E-state index < -0.39 is 85.3 Å². The van der Waals surface area contributed by atoms with Crippen molar-refractivity contribution < 1.29 is 69.0 Å². The molecule has 2 fully saturated rings. The SMILES string of the molecule is C=CC1C(OC2OC(CO)C(O)C(O)(O)C2OC(C)C)OC=C2C(=O)OC3CCCC3CSSC3CC#CC(=CC4=C(NC(N)=NCCCO)C(C(=O)O)=CN(C4)C3CO)C21. The summed E-state index contributed by atoms with van der Waals surface area (Å²) in [6.07, 6.45) is -0.526. The highest BCUT2D eigenvalue weighted by atomic mass is 33.1. The van der Waals surface area contributed by atoms with E-state index in [1.54, 1.807) is 46.4 Å². The van der Waals surface area contributed by atoms with Crippen LogP contribution in [0.1, 0.15) is 46.0 Å². The maximum absolute atomic E-state index is 14.5. The number of rotatable bonds is 12. The van der Waals surface area contributed by atoms with Crippen molar-refractivity contribution >= 4 is 39.5 Å². The summed E-state index contributed by atoms with van der Waals surface area (Å²) in [6.45, 7) is 6.31. The highest BCUT2D eigenvalue weighted by molar-refractivity contribution is 8.77. The molecule has 0 spiro atoms. The Morgan fingerprint density at radius 2 is 2.02 bits per heavy atom. The van der Waals surface area contributed by atoms with Gasteiger partial charge in [-0.1, -0.05) is 39.5 Å². The maximum atomic E-state index is 14.5. The largest absolute Gasteiger partial charge is 0.478 e. The van der Waals surface area contributed by atoms with Crippen LogP contribution < -0.4 is 11.1 Å². The van der Waals surface area contributed by atoms with E-state index in [2.05, 4.69) is 28.7 Å². The lowest BCUT2D eigenvalue weighted by atomic mass is 9.77. The number of ether oxygens (including phenoxy) is 5. The van der Waals surface area contributed by atoms with E-state index >= 15 is 0 Å². The topological polar surface area (TPSA) is 276 Å². The minimum atomic E-state index is -2.95. The molecule has 1 saturated carbocycles. The van der Waals surface area contributed by atoms with Gasteiger partial charge in [-0.2, -0.15) is 0 Å². The molecule has 11 atom stereocenters. The number of hydrogen-bond acceptors (Lipinski definition) is 17. The Morgan fingerprint density at radius 3 is 2.70 bits per heavy atom. The lowest BCUT2D eigenvalue weighted by Crippen LogP contribution is -2.69. The number of hydrogen-bond donors (Lipinski definition) is 9. The molecule has 61 heavy (non-hydrogen) atoms. The Balaban J connectivity index is 1.53. The molecule has 11 unspecified atom stereocenters. The second-order valence-corrected chi connectivity index (χ2v) is 18.5. The third-order valence-corrected chi connectivity index (χ3v) is 14.4. The number of allylic oxidation sites excluding steroid dienone is 1. The molecule has 18 nitrogen and oxygen atoms in total. The fourth-order valence-corrected chi connectivity index (χ4v) is 11.5. The third-order valence-electron chi connectivity index (χ3n) is 11.4. The van der Waals surface area contributed by atoms with E-state index in [1.807, 2.05) is 0 Å². The summed E-state index contributed by atoms with van der Waals surface area (Å²) in [7, 11) is 3.14. The van der Waals surface area contributed by atoms with Gasteiger partial charge in [0.15, 0.2) is 18.4 Å². The molecule has 1 saturated heterocycles. The molecular weight excluding hydrogens is 837 g/mol. The summed E-state index contributed by atoms with van der Waals surface area (Å²) in [5.41, 5.74) is 6.91. The minimum Gasteiger partial charge on any atom is -0.478 e. The van der Waals surface area contributed by atoms with Gasteiger partial charge in [0, 0.05) is 60.7 Å². The predicted molar refractivity (Wildman–Crippen MR) is 223 cm³/mol. The van der Waals surface area contributed by atoms with E-state index in [0.29, 0.717) is 29.7 Å². The fraction of sp³-hybridized carbons (Fsp3) is 0.634. The highest BCUT2D eigenvalue weighted by Gasteiger charge is 2.58. The molecule has 0 radical (unpaired) electrons. The molecule has 4 bridgehead atoms. The smallest absolute Gasteiger partial charge is 0.339 e. The van der Waals surface area contributed by atoms with Crippen molar-refractivity contribution in [3.05, 3.63) is 59.2 Å². The van der Waals surface area contributed by atoms with Gasteiger partial charge >= 0.3 is 11.9 Å². The molecule has 5 heterocycles. The van der Waals surface area contributed by atoms with Gasteiger partial charge in [-0.25, -0.2) is 9.59 Å². The first-order valence-corrected chi connectivity index (χ1v) is 22.7. The first kappa shape index (κ1) is 46.9. The van der Waals surface area contributed by atoms with Crippen molar-refractivity contribution in [2.45, 2.75) is 106 Å². The predicted octanol–water partition coefficient (Wildman–Crippen LogP) is 0.209. The average molecular weight is 893 g/mol. The molecule has 0 aromatic rings. The minimum absolute atomic E-state index is 0.0380. The Kier molecular flexibility index (Phi) is 15.9. The summed E-state index contributed by atoms with van der Waals surface area (Å²) >= 11 is 0. The van der Waals surface area contributed by atoms with Crippen LogP contribution in [0.25, 0.3) is 0 Å². The molecule has 20 heteroatoms. The summed E-state index contributed by atoms with van der Waals surface area (Å²) in [4.78, 5) is 33.5. The van der Waals surface area contributed by atoms with E-state index in [9.17, 15) is 45.3 Å². The Bertz CT molecular complexity index is 1860. The molecule has 0 aromatic carbocycles. The molecule has 0 amide bonds. The van der Waals surface area contributed by atoms with Crippen LogP contribution >= 0.6 is 21.6 Å². The van der Waals surface area contributed by atoms with E-state index in [4.69, 9.17) is 29.4 Å². The van der Waals surface area contributed by atoms with E-state index in [-0.39, 0.29) is 66.7 Å². The van der Waals surface area contributed by atoms with Crippen LogP contribution in [0.15, 0.2) is 64.2 Å². The lowest BCUT2D eigenvalue weighted by Gasteiger charge is -2.48. The van der Waals surface area contributed by atoms with E-state index in [1.165, 1.54) is 18.5 Å². The standard InChI is InChI=1S/C41H56N4O14S2/c1-4-25-32-22-8-6-11-31(28(17-47)45-15-24(14-22)33(26(16-45)36(50)51)44-40(42)43-12-7-13-46)61-60-20-23-9-5-10-29(23)57-37(52)27(32)19-55-38(25)59-39-35(56-21(2)3)41(53,54)34(49)30(18-48)58-39/h4,14,16,19,21,23,25,28-32,34-35,38-39,46-49,53-54H,1,5,7,9-13,15,17-18,20H2,2-3H3,(H,50,51)(H3,42,43,44). The molecule has 6 aliphatic rings. The fourth-order valence-electron chi connectivity index (χ4n) is 8.27. The highest BCUT2D eigenvalue weighted by Crippen LogP contribution is 2.44. The summed E-state index contributed by atoms with van der Waals surface area (Å²) in [6, 6.07) is -0.562. The zero-order valence-electron chi connectivity index (χ0n) is 34.0. The second kappa shape index (κ2) is 20.7. The van der Waals surface area contributed by atoms with Crippen LogP contribution in [0, 0.1) is 29.6 Å². The van der Waals surface area contributed by atoms with Crippen LogP contribution in [0.5, 0.6) is 0 Å². The van der Waals surface area contributed by atoms with E-state index in [0.717, 1.165) is 12.8 Å². The summed E-state index contributed by atoms with van der Waals surface area (Å²) in [5, 5.41) is 76.4. The second-order valence-electron chi connectivity index (χ2n) is 15.9. The number of aliphatic imine (C=N–C) groups is 1. The zero-order chi connectivity index (χ0) is 44.0. The van der Waals surface area contributed by atoms with Crippen molar-refractivity contribution in [1.29, 1.82) is 0 Å². The van der Waals surface area contributed by atoms with Gasteiger partial charge in [-0.3, -0.25) is 4.99 Å². The number of aliphatic hydroxyl groups is 6. The number of carbonyl (C=O) groups excluding carboxylic acids is 1. The van der Waals surface area contributed by atoms with Crippen LogP contribution in [0.4, 0.5) is 0 Å². The van der Waals surface area contributed by atoms with Crippen molar-refractivity contribution in [2.75, 3.05) is 38.7 Å². The number of fused-ring (bicyclic) bond motifs is 8. The lowest BCUT2D eigenvalue weighted by molar-refractivity contribution is -0.413. The third kappa shape index (κ3) is 10.5. The summed E-state index contributed by atoms with van der Waals surface area (Å²) in [5.74, 6) is 0.159. The van der Waals surface area contributed by atoms with Gasteiger partial charge in [0.05, 0.1) is 54.4 Å². The molecule has 0 aromatic heterocycles. The van der Waals surface area contributed by atoms with Crippen LogP contribution in [0.2, 0.25) is 0 Å². The number of guanidine groups is 1. The van der Waals surface area contributed by atoms with Crippen molar-refractivity contribution in [3.8, 4) is 11.8 Å². The van der Waals surface area contributed by atoms with Gasteiger partial charge in [-0.15, -0.1) is 6.58 Å². The van der Waals surface area contributed by atoms with Crippen molar-refractivity contribution in [3.63, 3.8) is 0 Å². The van der Waals surface area contributed by atoms with Crippen molar-refractivity contribution in [1.82, 2.24) is 10.2 Å². The van der Waals surface area contributed by atoms with Gasteiger partial charge in [0.25, 0.3) is 0 Å². The average Bonchev–Trinajstić information content (AvgIpc) is 3.66. The van der Waals surface area contributed by atoms with Crippen LogP contribution in [-0.2, 0) is 33.3 Å². The Morgan fingerprint density at radius 1 is 1.23 bits per heavy atom. The number of nitrogens with zero attached hydrogens (tertiary/aromatic N) is 2. The molecule has 6 rings (SSSR count). The number of aliphatic hydroxyl groups excluding tert-OH is 4. The number of aliphatic carboxylic acids is 1. The molecular formula is C41H56N4O14S2. The number of carbonyl (C=O) groups is 2. The maximum Gasteiger partial charge on any atom is 0.339 e. The van der Waals surface area contributed by atoms with Crippen LogP contribution in [-0.4, -0.2) is 157 Å². The number of carboxylic acid groups (broad SMARTS) is 1. The first-order chi connectivity index (χ1) is 29.2. The Hall–Kier alpha value is -3.59. The van der Waals surface area contributed by atoms with Crippen LogP contribution in [0.3, 0.4) is 0 Å². The quantitative estimate of drug-likeness (QED) is 0.0185. The Labute approximate surface area is 361 Å². The molecule has 1 aliphatic carbocycles. The van der Waals surface area contributed by atoms with Gasteiger partial charge in [0.1, 0.15) is 18.3 Å². The number of esters is 1. The molecule has 336 valence electrons. The van der Waals surface area contributed by atoms with Gasteiger partial charge < -0.3 is 75.4 Å². The number of nitrogens with one attached hydrogen (secondary N) is 1. The van der Waals surface area contributed by atoms with Crippen molar-refractivity contribution in [2.24, 2.45) is 28.5 Å². The monoisotopic (exact) mass is 892 g/mol. The van der Waals surface area contributed by atoms with Gasteiger partial charge in [-0.05, 0) is 51.2 Å². The molecule has 5 aliphatic heterocycles. The first-order valence-electron chi connectivity index (χ1n) is 20.3. The summed E-state index contributed by atoms with van der Waals surface area (Å²) < 4.78 is 30.4.